The van der Waals surface area contributed by atoms with E-state index in [2.05, 4.69) is 31.3 Å². The van der Waals surface area contributed by atoms with E-state index < -0.39 is 0 Å². The van der Waals surface area contributed by atoms with Crippen molar-refractivity contribution in [2.75, 3.05) is 18.4 Å². The minimum atomic E-state index is -0.232. The summed E-state index contributed by atoms with van der Waals surface area (Å²) in [5, 5.41) is 3.94. The van der Waals surface area contributed by atoms with Crippen LogP contribution in [-0.4, -0.2) is 29.0 Å². The van der Waals surface area contributed by atoms with Gasteiger partial charge >= 0.3 is 0 Å². The van der Waals surface area contributed by atoms with Crippen LogP contribution in [0.15, 0.2) is 18.2 Å². The molecule has 1 heterocycles. The van der Waals surface area contributed by atoms with Gasteiger partial charge in [0, 0.05) is 18.8 Å². The Morgan fingerprint density at radius 3 is 2.85 bits per heavy atom. The fraction of sp³-hybridized carbons (Fsp3) is 0.467. The van der Waals surface area contributed by atoms with Crippen LogP contribution in [0.4, 0.5) is 5.69 Å². The molecule has 1 aliphatic heterocycles. The van der Waals surface area contributed by atoms with E-state index in [9.17, 15) is 4.79 Å². The summed E-state index contributed by atoms with van der Waals surface area (Å²) in [6.07, 6.45) is 1.81. The summed E-state index contributed by atoms with van der Waals surface area (Å²) in [7, 11) is 0. The first kappa shape index (κ1) is 14.8. The first-order valence-electron chi connectivity index (χ1n) is 6.90. The van der Waals surface area contributed by atoms with Gasteiger partial charge in [-0.05, 0) is 50.5 Å². The second kappa shape index (κ2) is 6.22. The zero-order chi connectivity index (χ0) is 14.7. The second-order valence-corrected chi connectivity index (χ2v) is 5.82. The number of nitrogens with two attached hydrogens (primary N) is 1. The Bertz CT molecular complexity index is 530. The van der Waals surface area contributed by atoms with E-state index >= 15 is 0 Å². The molecule has 1 saturated heterocycles. The van der Waals surface area contributed by atoms with Crippen LogP contribution in [0.3, 0.4) is 0 Å². The molecule has 1 amide bonds. The van der Waals surface area contributed by atoms with Gasteiger partial charge < -0.3 is 16.0 Å². The van der Waals surface area contributed by atoms with E-state index in [1.54, 1.807) is 0 Å². The molecule has 1 aliphatic rings. The molecule has 108 valence electrons. The van der Waals surface area contributed by atoms with Crippen molar-refractivity contribution < 1.29 is 4.79 Å². The number of likely N-dealkylation sites (tertiary alicyclic amines) is 1. The van der Waals surface area contributed by atoms with E-state index in [1.807, 2.05) is 11.0 Å². The van der Waals surface area contributed by atoms with E-state index in [1.165, 1.54) is 5.56 Å². The number of rotatable bonds is 2. The Hall–Kier alpha value is -1.62. The van der Waals surface area contributed by atoms with E-state index in [4.69, 9.17) is 18.0 Å². The summed E-state index contributed by atoms with van der Waals surface area (Å²) in [6, 6.07) is 6.21. The van der Waals surface area contributed by atoms with Gasteiger partial charge in [0.2, 0.25) is 5.91 Å². The number of nitrogens with one attached hydrogen (secondary N) is 1. The lowest BCUT2D eigenvalue weighted by Crippen LogP contribution is -2.45. The highest BCUT2D eigenvalue weighted by Gasteiger charge is 2.25. The lowest BCUT2D eigenvalue weighted by atomic mass is 9.98. The largest absolute Gasteiger partial charge is 0.369 e. The summed E-state index contributed by atoms with van der Waals surface area (Å²) in [5.74, 6) is -0.327. The van der Waals surface area contributed by atoms with Crippen LogP contribution in [-0.2, 0) is 4.79 Å². The predicted molar refractivity (Wildman–Crippen MR) is 85.6 cm³/mol. The molecule has 0 spiro atoms. The van der Waals surface area contributed by atoms with E-state index in [0.717, 1.165) is 30.6 Å². The number of primary amides is 1. The molecule has 0 aromatic heterocycles. The van der Waals surface area contributed by atoms with Gasteiger partial charge in [-0.15, -0.1) is 0 Å². The minimum absolute atomic E-state index is 0.0948. The van der Waals surface area contributed by atoms with Crippen molar-refractivity contribution >= 4 is 28.9 Å². The second-order valence-electron chi connectivity index (χ2n) is 5.44. The molecule has 1 unspecified atom stereocenters. The van der Waals surface area contributed by atoms with Gasteiger partial charge in [-0.25, -0.2) is 0 Å². The number of carbonyl (C=O) groups is 1. The normalized spacial score (nSPS) is 18.7. The third kappa shape index (κ3) is 3.48. The minimum Gasteiger partial charge on any atom is -0.369 e. The van der Waals surface area contributed by atoms with Gasteiger partial charge in [-0.3, -0.25) is 4.79 Å². The van der Waals surface area contributed by atoms with Gasteiger partial charge in [-0.2, -0.15) is 0 Å². The third-order valence-corrected chi connectivity index (χ3v) is 4.09. The molecule has 1 fully saturated rings. The summed E-state index contributed by atoms with van der Waals surface area (Å²) >= 11 is 5.45. The van der Waals surface area contributed by atoms with E-state index in [0.29, 0.717) is 11.7 Å². The van der Waals surface area contributed by atoms with Crippen LogP contribution in [0.2, 0.25) is 0 Å². The van der Waals surface area contributed by atoms with Crippen molar-refractivity contribution in [3.8, 4) is 0 Å². The summed E-state index contributed by atoms with van der Waals surface area (Å²) in [4.78, 5) is 13.3. The first-order valence-corrected chi connectivity index (χ1v) is 7.30. The van der Waals surface area contributed by atoms with Crippen molar-refractivity contribution in [3.63, 3.8) is 0 Å². The molecular weight excluding hydrogens is 270 g/mol. The number of aryl methyl sites for hydroxylation is 2. The van der Waals surface area contributed by atoms with Crippen molar-refractivity contribution in [2.24, 2.45) is 11.7 Å². The summed E-state index contributed by atoms with van der Waals surface area (Å²) in [5.41, 5.74) is 8.80. The van der Waals surface area contributed by atoms with Gasteiger partial charge in [0.25, 0.3) is 0 Å². The number of anilines is 1. The van der Waals surface area contributed by atoms with Crippen molar-refractivity contribution in [2.45, 2.75) is 26.7 Å². The van der Waals surface area contributed by atoms with Crippen LogP contribution in [0.5, 0.6) is 0 Å². The number of hydrogen-bond donors (Lipinski definition) is 2. The Balaban J connectivity index is 2.02. The summed E-state index contributed by atoms with van der Waals surface area (Å²) in [6.45, 7) is 5.62. The molecule has 1 aromatic carbocycles. The smallest absolute Gasteiger partial charge is 0.222 e. The lowest BCUT2D eigenvalue weighted by Gasteiger charge is -2.33. The average Bonchev–Trinajstić information content (AvgIpc) is 2.42. The molecular formula is C15H21N3OS. The SMILES string of the molecule is Cc1ccc(NC(=S)N2CCCC(C(N)=O)C2)c(C)c1. The molecule has 5 heteroatoms. The molecule has 0 saturated carbocycles. The fourth-order valence-corrected chi connectivity index (χ4v) is 2.82. The van der Waals surface area contributed by atoms with Gasteiger partial charge in [0.05, 0.1) is 5.92 Å². The highest BCUT2D eigenvalue weighted by atomic mass is 32.1. The number of amides is 1. The zero-order valence-corrected chi connectivity index (χ0v) is 12.8. The van der Waals surface area contributed by atoms with Crippen molar-refractivity contribution in [1.82, 2.24) is 4.90 Å². The monoisotopic (exact) mass is 291 g/mol. The van der Waals surface area contributed by atoms with Crippen LogP contribution < -0.4 is 11.1 Å². The summed E-state index contributed by atoms with van der Waals surface area (Å²) < 4.78 is 0. The van der Waals surface area contributed by atoms with Crippen LogP contribution in [0.1, 0.15) is 24.0 Å². The molecule has 0 radical (unpaired) electrons. The van der Waals surface area contributed by atoms with Crippen LogP contribution >= 0.6 is 12.2 Å². The molecule has 4 nitrogen and oxygen atoms in total. The standard InChI is InChI=1S/C15H21N3OS/c1-10-5-6-13(11(2)8-10)17-15(20)18-7-3-4-12(9-18)14(16)19/h5-6,8,12H,3-4,7,9H2,1-2H3,(H2,16,19)(H,17,20). The number of nitrogens with zero attached hydrogens (tertiary/aromatic N) is 1. The Kier molecular flexibility index (Phi) is 4.60. The number of hydrogen-bond acceptors (Lipinski definition) is 2. The third-order valence-electron chi connectivity index (χ3n) is 3.73. The molecule has 2 rings (SSSR count). The Morgan fingerprint density at radius 1 is 1.45 bits per heavy atom. The van der Waals surface area contributed by atoms with Crippen LogP contribution in [0, 0.1) is 19.8 Å². The average molecular weight is 291 g/mol. The molecule has 20 heavy (non-hydrogen) atoms. The fourth-order valence-electron chi connectivity index (χ4n) is 2.54. The van der Waals surface area contributed by atoms with Crippen molar-refractivity contribution in [3.05, 3.63) is 29.3 Å². The molecule has 0 aliphatic carbocycles. The topological polar surface area (TPSA) is 58.4 Å². The molecule has 1 aromatic rings. The molecule has 1 atom stereocenters. The Morgan fingerprint density at radius 2 is 2.20 bits per heavy atom. The number of benzene rings is 1. The van der Waals surface area contributed by atoms with Crippen molar-refractivity contribution in [1.29, 1.82) is 0 Å². The maximum Gasteiger partial charge on any atom is 0.222 e. The van der Waals surface area contributed by atoms with Gasteiger partial charge in [0.15, 0.2) is 5.11 Å². The quantitative estimate of drug-likeness (QED) is 0.820. The predicted octanol–water partition coefficient (Wildman–Crippen LogP) is 2.20. The number of thiocarbonyl (C=S) groups is 1. The zero-order valence-electron chi connectivity index (χ0n) is 12.0. The highest BCUT2D eigenvalue weighted by Crippen LogP contribution is 2.20. The van der Waals surface area contributed by atoms with Gasteiger partial charge in [0.1, 0.15) is 0 Å². The Labute approximate surface area is 125 Å². The van der Waals surface area contributed by atoms with Gasteiger partial charge in [-0.1, -0.05) is 17.7 Å². The molecule has 0 bridgehead atoms. The lowest BCUT2D eigenvalue weighted by molar-refractivity contribution is -0.122. The molecule has 3 N–H and O–H groups in total. The number of piperidine rings is 1. The maximum atomic E-state index is 11.3. The maximum absolute atomic E-state index is 11.3. The van der Waals surface area contributed by atoms with E-state index in [-0.39, 0.29) is 11.8 Å². The first-order chi connectivity index (χ1) is 9.47. The van der Waals surface area contributed by atoms with Crippen LogP contribution in [0.25, 0.3) is 0 Å². The number of carbonyl (C=O) groups excluding carboxylic acids is 1. The highest BCUT2D eigenvalue weighted by molar-refractivity contribution is 7.80.